The maximum atomic E-state index is 12.5. The quantitative estimate of drug-likeness (QED) is 0.0383. The lowest BCUT2D eigenvalue weighted by atomic mass is 10.1. The van der Waals surface area contributed by atoms with E-state index < -0.39 is 78.7 Å². The van der Waals surface area contributed by atoms with E-state index in [0.717, 1.165) is 23.3 Å². The van der Waals surface area contributed by atoms with Gasteiger partial charge in [-0.15, -0.1) is 20.5 Å². The zero-order chi connectivity index (χ0) is 43.1. The van der Waals surface area contributed by atoms with E-state index >= 15 is 0 Å². The lowest BCUT2D eigenvalue weighted by Crippen LogP contribution is -2.01. The van der Waals surface area contributed by atoms with Gasteiger partial charge >= 0.3 is 0 Å². The SMILES string of the molecule is Nc1ccc(N=Nc2ccc(-c3ccc(N=Nc4c(S(=O)(=O)O)cc5cc(S(=O)(=O)O)c(N=Nc6ccc(S(=O)(=O)O)c7ccccc67)c(O)c5c4O)cc3)cc2)c(N)c1. The Bertz CT molecular complexity index is 3330. The Hall–Kier alpha value is -7.21. The first kappa shape index (κ1) is 41.0. The number of aromatic hydroxyl groups is 2. The zero-order valence-corrected chi connectivity index (χ0v) is 32.7. The Labute approximate surface area is 340 Å². The van der Waals surface area contributed by atoms with E-state index in [4.69, 9.17) is 11.5 Å². The number of azo groups is 3. The van der Waals surface area contributed by atoms with Gasteiger partial charge in [0.1, 0.15) is 31.7 Å². The van der Waals surface area contributed by atoms with Gasteiger partial charge in [0.25, 0.3) is 30.4 Å². The first-order valence-electron chi connectivity index (χ1n) is 16.9. The summed E-state index contributed by atoms with van der Waals surface area (Å²) in [6, 6.07) is 27.5. The Morgan fingerprint density at radius 3 is 1.40 bits per heavy atom. The normalized spacial score (nSPS) is 12.7. The van der Waals surface area contributed by atoms with E-state index in [1.165, 1.54) is 36.4 Å². The second kappa shape index (κ2) is 15.5. The molecule has 60 heavy (non-hydrogen) atoms. The van der Waals surface area contributed by atoms with Crippen LogP contribution in [0.3, 0.4) is 0 Å². The van der Waals surface area contributed by atoms with Crippen LogP contribution < -0.4 is 11.5 Å². The number of hydrogen-bond acceptors (Lipinski definition) is 16. The number of fused-ring (bicyclic) bond motifs is 2. The van der Waals surface area contributed by atoms with Gasteiger partial charge in [0, 0.05) is 16.5 Å². The molecule has 7 rings (SSSR count). The van der Waals surface area contributed by atoms with Crippen LogP contribution in [-0.2, 0) is 30.4 Å². The van der Waals surface area contributed by atoms with Crippen LogP contribution in [0.25, 0.3) is 32.7 Å². The Kier molecular flexibility index (Phi) is 10.6. The molecule has 0 unspecified atom stereocenters. The number of phenolic OH excluding ortho intramolecular Hbond substituents is 2. The molecule has 0 aliphatic rings. The second-order valence-electron chi connectivity index (χ2n) is 12.8. The van der Waals surface area contributed by atoms with E-state index in [0.29, 0.717) is 34.9 Å². The van der Waals surface area contributed by atoms with Crippen molar-refractivity contribution >= 4 is 97.4 Å². The summed E-state index contributed by atoms with van der Waals surface area (Å²) in [5, 5.41) is 45.7. The molecule has 304 valence electrons. The molecule has 9 N–H and O–H groups in total. The average molecular weight is 869 g/mol. The van der Waals surface area contributed by atoms with Crippen LogP contribution in [0.15, 0.2) is 161 Å². The summed E-state index contributed by atoms with van der Waals surface area (Å²) in [7, 11) is -15.1. The highest BCUT2D eigenvalue weighted by molar-refractivity contribution is 7.86. The van der Waals surface area contributed by atoms with Crippen molar-refractivity contribution in [2.75, 3.05) is 11.5 Å². The predicted octanol–water partition coefficient (Wildman–Crippen LogP) is 9.22. The first-order chi connectivity index (χ1) is 28.3. The number of nitrogen functional groups attached to an aromatic ring is 2. The smallest absolute Gasteiger partial charge is 0.296 e. The second-order valence-corrected chi connectivity index (χ2v) is 17.0. The van der Waals surface area contributed by atoms with Crippen LogP contribution in [0.5, 0.6) is 11.5 Å². The molecule has 0 aliphatic carbocycles. The fourth-order valence-corrected chi connectivity index (χ4v) is 8.05. The van der Waals surface area contributed by atoms with Crippen molar-refractivity contribution in [3.63, 3.8) is 0 Å². The summed E-state index contributed by atoms with van der Waals surface area (Å²) in [6.07, 6.45) is 0. The number of nitrogens with zero attached hydrogens (tertiary/aromatic N) is 6. The van der Waals surface area contributed by atoms with E-state index in [1.54, 1.807) is 54.6 Å². The van der Waals surface area contributed by atoms with Crippen molar-refractivity contribution in [2.45, 2.75) is 14.7 Å². The Morgan fingerprint density at radius 1 is 0.450 bits per heavy atom. The van der Waals surface area contributed by atoms with Crippen LogP contribution in [0.2, 0.25) is 0 Å². The van der Waals surface area contributed by atoms with Crippen molar-refractivity contribution in [3.8, 4) is 22.6 Å². The van der Waals surface area contributed by atoms with Gasteiger partial charge in [0.05, 0.1) is 28.1 Å². The summed E-state index contributed by atoms with van der Waals surface area (Å²) >= 11 is 0. The topological polar surface area (TPSA) is 330 Å². The van der Waals surface area contributed by atoms with Crippen LogP contribution in [0.1, 0.15) is 0 Å². The molecule has 0 aliphatic heterocycles. The molecule has 0 aromatic heterocycles. The van der Waals surface area contributed by atoms with Crippen LogP contribution >= 0.6 is 0 Å². The fraction of sp³-hybridized carbons (Fsp3) is 0. The van der Waals surface area contributed by atoms with Crippen LogP contribution in [0.4, 0.5) is 45.5 Å². The van der Waals surface area contributed by atoms with Crippen molar-refractivity contribution in [2.24, 2.45) is 30.7 Å². The molecule has 22 heteroatoms. The molecule has 0 bridgehead atoms. The van der Waals surface area contributed by atoms with Crippen LogP contribution in [0, 0.1) is 0 Å². The summed E-state index contributed by atoms with van der Waals surface area (Å²) < 4.78 is 104. The number of phenols is 2. The lowest BCUT2D eigenvalue weighted by Gasteiger charge is -2.13. The van der Waals surface area contributed by atoms with Gasteiger partial charge in [-0.05, 0) is 83.2 Å². The van der Waals surface area contributed by atoms with Crippen molar-refractivity contribution < 1.29 is 49.1 Å². The summed E-state index contributed by atoms with van der Waals surface area (Å²) in [5.74, 6) is -2.21. The van der Waals surface area contributed by atoms with E-state index in [-0.39, 0.29) is 22.1 Å². The highest BCUT2D eigenvalue weighted by Gasteiger charge is 2.29. The van der Waals surface area contributed by atoms with Gasteiger partial charge < -0.3 is 21.7 Å². The zero-order valence-electron chi connectivity index (χ0n) is 30.2. The highest BCUT2D eigenvalue weighted by atomic mass is 32.2. The minimum absolute atomic E-state index is 0.0182. The molecule has 0 radical (unpaired) electrons. The Morgan fingerprint density at radius 2 is 0.900 bits per heavy atom. The van der Waals surface area contributed by atoms with Gasteiger partial charge in [-0.25, -0.2) is 0 Å². The molecule has 0 heterocycles. The summed E-state index contributed by atoms with van der Waals surface area (Å²) in [6.45, 7) is 0. The standard InChI is InChI=1S/C38H28N8O11S3/c39-23-9-14-30(28(40)19-23)44-41-24-10-5-20(6-11-24)21-7-12-25(13-8-21)42-45-35-32(59(52,53)54)17-22-18-33(60(55,56)57)36(38(48)34(22)37(35)47)46-43-29-15-16-31(58(49,50)51)27-4-2-1-3-26(27)29/h1-19,47-48H,39-40H2,(H,49,50,51)(H,52,53,54)(H,55,56,57). The minimum atomic E-state index is -5.26. The van der Waals surface area contributed by atoms with Crippen LogP contribution in [-0.4, -0.2) is 49.1 Å². The Balaban J connectivity index is 1.24. The van der Waals surface area contributed by atoms with Gasteiger partial charge in [-0.2, -0.15) is 35.5 Å². The summed E-state index contributed by atoms with van der Waals surface area (Å²) in [4.78, 5) is -2.59. The number of rotatable bonds is 10. The van der Waals surface area contributed by atoms with Crippen molar-refractivity contribution in [1.82, 2.24) is 0 Å². The number of benzene rings is 7. The van der Waals surface area contributed by atoms with Gasteiger partial charge in [-0.1, -0.05) is 48.5 Å². The molecule has 7 aromatic rings. The molecule has 0 saturated heterocycles. The lowest BCUT2D eigenvalue weighted by molar-refractivity contribution is 0.458. The first-order valence-corrected chi connectivity index (χ1v) is 21.2. The largest absolute Gasteiger partial charge is 0.505 e. The van der Waals surface area contributed by atoms with Gasteiger partial charge in [0.15, 0.2) is 11.5 Å². The van der Waals surface area contributed by atoms with E-state index in [9.17, 15) is 49.1 Å². The third-order valence-corrected chi connectivity index (χ3v) is 11.5. The highest BCUT2D eigenvalue weighted by Crippen LogP contribution is 2.50. The molecule has 0 fully saturated rings. The molecule has 0 amide bonds. The number of anilines is 2. The monoisotopic (exact) mass is 868 g/mol. The van der Waals surface area contributed by atoms with E-state index in [2.05, 4.69) is 30.7 Å². The molecule has 0 spiro atoms. The van der Waals surface area contributed by atoms with Gasteiger partial charge in [-0.3, -0.25) is 13.7 Å². The van der Waals surface area contributed by atoms with Crippen molar-refractivity contribution in [1.29, 1.82) is 0 Å². The molecule has 19 nitrogen and oxygen atoms in total. The maximum absolute atomic E-state index is 12.5. The predicted molar refractivity (Wildman–Crippen MR) is 220 cm³/mol. The molecular weight excluding hydrogens is 841 g/mol. The third kappa shape index (κ3) is 8.35. The fourth-order valence-electron chi connectivity index (χ4n) is 6.04. The third-order valence-electron chi connectivity index (χ3n) is 8.86. The van der Waals surface area contributed by atoms with Crippen molar-refractivity contribution in [3.05, 3.63) is 115 Å². The molecular formula is C38H28N8O11S3. The maximum Gasteiger partial charge on any atom is 0.296 e. The average Bonchev–Trinajstić information content (AvgIpc) is 3.18. The molecule has 0 saturated carbocycles. The molecule has 7 aromatic carbocycles. The van der Waals surface area contributed by atoms with Gasteiger partial charge in [0.2, 0.25) is 0 Å². The molecule has 0 atom stereocenters. The number of hydrogen-bond donors (Lipinski definition) is 7. The van der Waals surface area contributed by atoms with E-state index in [1.807, 2.05) is 0 Å². The summed E-state index contributed by atoms with van der Waals surface area (Å²) in [5.41, 5.74) is 13.3. The minimum Gasteiger partial charge on any atom is -0.505 e. The number of nitrogens with two attached hydrogens (primary N) is 2.